The molecular formula is C10H6ClN3O3. The van der Waals surface area contributed by atoms with Crippen LogP contribution in [0, 0.1) is 10.1 Å². The topological polar surface area (TPSA) is 78.2 Å². The number of hydrogen-bond acceptors (Lipinski definition) is 5. The van der Waals surface area contributed by atoms with Crippen molar-refractivity contribution in [3.8, 4) is 11.6 Å². The van der Waals surface area contributed by atoms with Crippen molar-refractivity contribution in [2.45, 2.75) is 0 Å². The molecule has 17 heavy (non-hydrogen) atoms. The van der Waals surface area contributed by atoms with Crippen molar-refractivity contribution in [1.29, 1.82) is 0 Å². The molecule has 0 atom stereocenters. The van der Waals surface area contributed by atoms with Gasteiger partial charge in [-0.2, -0.15) is 0 Å². The van der Waals surface area contributed by atoms with Crippen LogP contribution in [-0.4, -0.2) is 14.9 Å². The highest BCUT2D eigenvalue weighted by molar-refractivity contribution is 6.29. The third-order valence-electron chi connectivity index (χ3n) is 1.85. The first-order chi connectivity index (χ1) is 8.15. The first kappa shape index (κ1) is 11.3. The average molecular weight is 252 g/mol. The molecule has 2 rings (SSSR count). The molecule has 0 aliphatic rings. The first-order valence-corrected chi connectivity index (χ1v) is 4.93. The van der Waals surface area contributed by atoms with Gasteiger partial charge >= 0.3 is 0 Å². The summed E-state index contributed by atoms with van der Waals surface area (Å²) in [5.74, 6) is 0.704. The Morgan fingerprint density at radius 2 is 2.00 bits per heavy atom. The van der Waals surface area contributed by atoms with Crippen LogP contribution < -0.4 is 4.74 Å². The second-order valence-corrected chi connectivity index (χ2v) is 3.42. The Hall–Kier alpha value is -2.21. The summed E-state index contributed by atoms with van der Waals surface area (Å²) in [4.78, 5) is 17.5. The Morgan fingerprint density at radius 1 is 1.18 bits per heavy atom. The lowest BCUT2D eigenvalue weighted by atomic mass is 10.4. The Morgan fingerprint density at radius 3 is 2.53 bits per heavy atom. The lowest BCUT2D eigenvalue weighted by Gasteiger charge is -2.03. The molecule has 2 heterocycles. The largest absolute Gasteiger partial charge is 0.437 e. The number of nitro groups is 1. The molecule has 0 saturated heterocycles. The number of pyridine rings is 2. The lowest BCUT2D eigenvalue weighted by Crippen LogP contribution is -1.91. The average Bonchev–Trinajstić information content (AvgIpc) is 2.33. The third kappa shape index (κ3) is 2.88. The highest BCUT2D eigenvalue weighted by Crippen LogP contribution is 2.21. The Balaban J connectivity index is 2.13. The molecule has 6 nitrogen and oxygen atoms in total. The van der Waals surface area contributed by atoms with E-state index >= 15 is 0 Å². The molecule has 0 aliphatic heterocycles. The van der Waals surface area contributed by atoms with E-state index in [0.29, 0.717) is 10.9 Å². The fourth-order valence-electron chi connectivity index (χ4n) is 1.08. The molecule has 0 spiro atoms. The number of hydrogen-bond donors (Lipinski definition) is 0. The Labute approximate surface area is 101 Å². The van der Waals surface area contributed by atoms with Gasteiger partial charge in [-0.15, -0.1) is 0 Å². The van der Waals surface area contributed by atoms with Gasteiger partial charge in [0, 0.05) is 12.1 Å². The van der Waals surface area contributed by atoms with Crippen LogP contribution in [0.2, 0.25) is 5.15 Å². The van der Waals surface area contributed by atoms with Gasteiger partial charge in [0.25, 0.3) is 5.69 Å². The molecule has 0 fully saturated rings. The van der Waals surface area contributed by atoms with Crippen LogP contribution in [0.25, 0.3) is 0 Å². The summed E-state index contributed by atoms with van der Waals surface area (Å²) in [6.45, 7) is 0. The molecule has 2 aromatic heterocycles. The van der Waals surface area contributed by atoms with Gasteiger partial charge in [-0.05, 0) is 12.1 Å². The van der Waals surface area contributed by atoms with Crippen LogP contribution in [-0.2, 0) is 0 Å². The molecule has 0 saturated carbocycles. The van der Waals surface area contributed by atoms with Gasteiger partial charge in [0.15, 0.2) is 0 Å². The van der Waals surface area contributed by atoms with Crippen LogP contribution in [0.15, 0.2) is 36.7 Å². The zero-order valence-corrected chi connectivity index (χ0v) is 9.16. The van der Waals surface area contributed by atoms with E-state index in [1.54, 1.807) is 12.1 Å². The van der Waals surface area contributed by atoms with E-state index in [1.165, 1.54) is 18.3 Å². The maximum absolute atomic E-state index is 10.4. The fraction of sp³-hybridized carbons (Fsp3) is 0. The van der Waals surface area contributed by atoms with Gasteiger partial charge in [-0.25, -0.2) is 9.97 Å². The van der Waals surface area contributed by atoms with E-state index in [-0.39, 0.29) is 11.6 Å². The van der Waals surface area contributed by atoms with Crippen molar-refractivity contribution in [1.82, 2.24) is 9.97 Å². The molecule has 0 N–H and O–H groups in total. The van der Waals surface area contributed by atoms with Crippen molar-refractivity contribution in [3.05, 3.63) is 51.9 Å². The van der Waals surface area contributed by atoms with Crippen molar-refractivity contribution >= 4 is 17.3 Å². The van der Waals surface area contributed by atoms with E-state index in [1.807, 2.05) is 0 Å². The third-order valence-corrected chi connectivity index (χ3v) is 2.08. The van der Waals surface area contributed by atoms with E-state index in [0.717, 1.165) is 6.20 Å². The Bertz CT molecular complexity index is 527. The van der Waals surface area contributed by atoms with Crippen LogP contribution in [0.3, 0.4) is 0 Å². The number of ether oxygens (including phenoxy) is 1. The number of halogens is 1. The van der Waals surface area contributed by atoms with Gasteiger partial charge in [0.1, 0.15) is 17.1 Å². The number of nitrogens with zero attached hydrogens (tertiary/aromatic N) is 3. The minimum Gasteiger partial charge on any atom is -0.437 e. The van der Waals surface area contributed by atoms with Crippen LogP contribution >= 0.6 is 11.6 Å². The van der Waals surface area contributed by atoms with Gasteiger partial charge in [-0.1, -0.05) is 11.6 Å². The highest BCUT2D eigenvalue weighted by atomic mass is 35.5. The maximum Gasteiger partial charge on any atom is 0.287 e. The predicted molar refractivity (Wildman–Crippen MR) is 60.2 cm³/mol. The molecule has 7 heteroatoms. The lowest BCUT2D eigenvalue weighted by molar-refractivity contribution is -0.385. The van der Waals surface area contributed by atoms with Crippen molar-refractivity contribution < 1.29 is 9.66 Å². The summed E-state index contributed by atoms with van der Waals surface area (Å²) in [5.41, 5.74) is -0.0911. The van der Waals surface area contributed by atoms with Crippen LogP contribution in [0.1, 0.15) is 0 Å². The minimum absolute atomic E-state index is 0.0911. The molecule has 0 amide bonds. The summed E-state index contributed by atoms with van der Waals surface area (Å²) in [7, 11) is 0. The smallest absolute Gasteiger partial charge is 0.287 e. The van der Waals surface area contributed by atoms with Gasteiger partial charge in [0.2, 0.25) is 5.88 Å². The molecule has 0 aliphatic carbocycles. The Kier molecular flexibility index (Phi) is 3.15. The molecule has 0 unspecified atom stereocenters. The highest BCUT2D eigenvalue weighted by Gasteiger charge is 2.06. The van der Waals surface area contributed by atoms with E-state index in [9.17, 15) is 10.1 Å². The standard InChI is InChI=1S/C10H6ClN3O3/c11-9-3-2-8(6-12-9)17-10-4-1-7(5-13-10)14(15)16/h1-6H. The van der Waals surface area contributed by atoms with Gasteiger partial charge in [-0.3, -0.25) is 10.1 Å². The van der Waals surface area contributed by atoms with E-state index in [4.69, 9.17) is 16.3 Å². The molecule has 86 valence electrons. The second kappa shape index (κ2) is 4.75. The monoisotopic (exact) mass is 251 g/mol. The van der Waals surface area contributed by atoms with Crippen LogP contribution in [0.4, 0.5) is 5.69 Å². The second-order valence-electron chi connectivity index (χ2n) is 3.03. The fourth-order valence-corrected chi connectivity index (χ4v) is 1.20. The van der Waals surface area contributed by atoms with Crippen molar-refractivity contribution in [2.75, 3.05) is 0 Å². The van der Waals surface area contributed by atoms with Crippen LogP contribution in [0.5, 0.6) is 11.6 Å². The minimum atomic E-state index is -0.527. The quantitative estimate of drug-likeness (QED) is 0.476. The zero-order chi connectivity index (χ0) is 12.3. The normalized spacial score (nSPS) is 9.94. The molecule has 0 bridgehead atoms. The SMILES string of the molecule is O=[N+]([O-])c1ccc(Oc2ccc(Cl)nc2)nc1. The van der Waals surface area contributed by atoms with Gasteiger partial charge < -0.3 is 4.74 Å². The molecule has 0 aromatic carbocycles. The molecular weight excluding hydrogens is 246 g/mol. The van der Waals surface area contributed by atoms with Crippen molar-refractivity contribution in [3.63, 3.8) is 0 Å². The number of aromatic nitrogens is 2. The zero-order valence-electron chi connectivity index (χ0n) is 8.41. The summed E-state index contributed by atoms with van der Waals surface area (Å²) in [6.07, 6.45) is 2.56. The summed E-state index contributed by atoms with van der Waals surface area (Å²) < 4.78 is 5.31. The number of rotatable bonds is 3. The van der Waals surface area contributed by atoms with Gasteiger partial charge in [0.05, 0.1) is 11.1 Å². The summed E-state index contributed by atoms with van der Waals surface area (Å²) in [5, 5.41) is 10.8. The maximum atomic E-state index is 10.4. The molecule has 2 aromatic rings. The molecule has 0 radical (unpaired) electrons. The van der Waals surface area contributed by atoms with E-state index < -0.39 is 4.92 Å². The first-order valence-electron chi connectivity index (χ1n) is 4.55. The van der Waals surface area contributed by atoms with E-state index in [2.05, 4.69) is 9.97 Å². The predicted octanol–water partition coefficient (Wildman–Crippen LogP) is 2.83. The summed E-state index contributed by atoms with van der Waals surface area (Å²) >= 11 is 5.61. The summed E-state index contributed by atoms with van der Waals surface area (Å²) in [6, 6.07) is 5.92. The van der Waals surface area contributed by atoms with Crippen molar-refractivity contribution in [2.24, 2.45) is 0 Å².